The van der Waals surface area contributed by atoms with Gasteiger partial charge in [0, 0.05) is 28.5 Å². The fourth-order valence-corrected chi connectivity index (χ4v) is 3.12. The molecule has 21 heavy (non-hydrogen) atoms. The molecular formula is C17H15NO2S. The van der Waals surface area contributed by atoms with Crippen LogP contribution in [0.3, 0.4) is 0 Å². The summed E-state index contributed by atoms with van der Waals surface area (Å²) in [6.07, 6.45) is 3.42. The summed E-state index contributed by atoms with van der Waals surface area (Å²) in [6, 6.07) is 9.04. The molecule has 0 bridgehead atoms. The van der Waals surface area contributed by atoms with Gasteiger partial charge in [0.15, 0.2) is 5.78 Å². The van der Waals surface area contributed by atoms with E-state index in [9.17, 15) is 9.90 Å². The van der Waals surface area contributed by atoms with Crippen LogP contribution in [0, 0.1) is 6.92 Å². The zero-order chi connectivity index (χ0) is 15.0. The predicted molar refractivity (Wildman–Crippen MR) is 87.0 cm³/mol. The molecule has 3 rings (SSSR count). The Morgan fingerprint density at radius 2 is 2.14 bits per heavy atom. The number of aromatic nitrogens is 1. The maximum atomic E-state index is 12.5. The van der Waals surface area contributed by atoms with Crippen molar-refractivity contribution < 1.29 is 9.90 Å². The van der Waals surface area contributed by atoms with Crippen molar-refractivity contribution in [3.63, 3.8) is 0 Å². The molecule has 0 saturated carbocycles. The molecule has 0 radical (unpaired) electrons. The van der Waals surface area contributed by atoms with Crippen molar-refractivity contribution in [2.24, 2.45) is 7.05 Å². The van der Waals surface area contributed by atoms with E-state index in [4.69, 9.17) is 0 Å². The van der Waals surface area contributed by atoms with Gasteiger partial charge in [0.25, 0.3) is 0 Å². The standard InChI is InChI=1S/C17H15NO2S/c1-11-17(16(20)8-6-13-4-3-9-21-13)14-10-12(19)5-7-15(14)18(11)2/h3-10,19H,1-2H3/b8-6+. The van der Waals surface area contributed by atoms with Crippen molar-refractivity contribution in [2.75, 3.05) is 0 Å². The van der Waals surface area contributed by atoms with Crippen molar-refractivity contribution in [1.82, 2.24) is 4.57 Å². The van der Waals surface area contributed by atoms with E-state index in [0.717, 1.165) is 21.5 Å². The van der Waals surface area contributed by atoms with Crippen molar-refractivity contribution >= 4 is 34.1 Å². The molecule has 0 fully saturated rings. The van der Waals surface area contributed by atoms with Gasteiger partial charge < -0.3 is 9.67 Å². The number of carbonyl (C=O) groups is 1. The molecular weight excluding hydrogens is 282 g/mol. The number of rotatable bonds is 3. The number of benzene rings is 1. The highest BCUT2D eigenvalue weighted by Crippen LogP contribution is 2.29. The number of thiophene rings is 1. The van der Waals surface area contributed by atoms with Crippen LogP contribution in [-0.4, -0.2) is 15.5 Å². The van der Waals surface area contributed by atoms with Gasteiger partial charge in [-0.2, -0.15) is 0 Å². The summed E-state index contributed by atoms with van der Waals surface area (Å²) in [5.74, 6) is 0.126. The highest BCUT2D eigenvalue weighted by atomic mass is 32.1. The highest BCUT2D eigenvalue weighted by molar-refractivity contribution is 7.10. The van der Waals surface area contributed by atoms with Crippen LogP contribution in [0.15, 0.2) is 41.8 Å². The van der Waals surface area contributed by atoms with Crippen LogP contribution in [0.25, 0.3) is 17.0 Å². The third-order valence-electron chi connectivity index (χ3n) is 3.66. The monoisotopic (exact) mass is 297 g/mol. The first-order valence-electron chi connectivity index (χ1n) is 6.62. The smallest absolute Gasteiger partial charge is 0.188 e. The van der Waals surface area contributed by atoms with Gasteiger partial charge in [0.1, 0.15) is 5.75 Å². The van der Waals surface area contributed by atoms with Crippen LogP contribution in [0.1, 0.15) is 20.9 Å². The molecule has 0 aliphatic rings. The summed E-state index contributed by atoms with van der Waals surface area (Å²) in [4.78, 5) is 13.6. The fraction of sp³-hybridized carbons (Fsp3) is 0.118. The second-order valence-electron chi connectivity index (χ2n) is 4.93. The maximum Gasteiger partial charge on any atom is 0.188 e. The second kappa shape index (κ2) is 5.22. The Bertz CT molecular complexity index is 841. The van der Waals surface area contributed by atoms with Crippen LogP contribution in [0.4, 0.5) is 0 Å². The number of aryl methyl sites for hydroxylation is 1. The van der Waals surface area contributed by atoms with E-state index in [0.29, 0.717) is 5.56 Å². The minimum Gasteiger partial charge on any atom is -0.508 e. The first-order chi connectivity index (χ1) is 10.1. The van der Waals surface area contributed by atoms with E-state index in [1.165, 1.54) is 0 Å². The quantitative estimate of drug-likeness (QED) is 0.583. The summed E-state index contributed by atoms with van der Waals surface area (Å²) in [7, 11) is 1.93. The maximum absolute atomic E-state index is 12.5. The molecule has 4 heteroatoms. The van der Waals surface area contributed by atoms with Gasteiger partial charge in [-0.3, -0.25) is 4.79 Å². The predicted octanol–water partition coefficient (Wildman–Crippen LogP) is 4.15. The Labute approximate surface area is 126 Å². The molecule has 2 aromatic heterocycles. The molecule has 0 saturated heterocycles. The van der Waals surface area contributed by atoms with E-state index >= 15 is 0 Å². The Morgan fingerprint density at radius 1 is 1.33 bits per heavy atom. The normalized spacial score (nSPS) is 11.5. The number of aromatic hydroxyl groups is 1. The zero-order valence-corrected chi connectivity index (χ0v) is 12.6. The molecule has 0 aliphatic carbocycles. The molecule has 3 aromatic rings. The summed E-state index contributed by atoms with van der Waals surface area (Å²) >= 11 is 1.59. The van der Waals surface area contributed by atoms with Crippen molar-refractivity contribution in [3.8, 4) is 5.75 Å². The number of phenolic OH excluding ortho intramolecular Hbond substituents is 1. The summed E-state index contributed by atoms with van der Waals surface area (Å²) in [5, 5.41) is 12.4. The van der Waals surface area contributed by atoms with E-state index in [-0.39, 0.29) is 11.5 Å². The Balaban J connectivity index is 2.09. The Morgan fingerprint density at radius 3 is 2.86 bits per heavy atom. The van der Waals surface area contributed by atoms with Crippen molar-refractivity contribution in [2.45, 2.75) is 6.92 Å². The number of carbonyl (C=O) groups excluding carboxylic acids is 1. The molecule has 3 nitrogen and oxygen atoms in total. The summed E-state index contributed by atoms with van der Waals surface area (Å²) < 4.78 is 1.97. The van der Waals surface area contributed by atoms with Gasteiger partial charge in [-0.15, -0.1) is 11.3 Å². The topological polar surface area (TPSA) is 42.2 Å². The third kappa shape index (κ3) is 2.38. The number of allylic oxidation sites excluding steroid dienone is 1. The van der Waals surface area contributed by atoms with Gasteiger partial charge in [-0.25, -0.2) is 0 Å². The lowest BCUT2D eigenvalue weighted by Gasteiger charge is -1.98. The van der Waals surface area contributed by atoms with Crippen LogP contribution < -0.4 is 0 Å². The molecule has 2 heterocycles. The Kier molecular flexibility index (Phi) is 3.39. The third-order valence-corrected chi connectivity index (χ3v) is 4.50. The fourth-order valence-electron chi connectivity index (χ4n) is 2.50. The van der Waals surface area contributed by atoms with E-state index < -0.39 is 0 Å². The molecule has 0 spiro atoms. The second-order valence-corrected chi connectivity index (χ2v) is 5.91. The number of hydrogen-bond donors (Lipinski definition) is 1. The Hall–Kier alpha value is -2.33. The van der Waals surface area contributed by atoms with Crippen LogP contribution >= 0.6 is 11.3 Å². The van der Waals surface area contributed by atoms with E-state index in [1.54, 1.807) is 29.5 Å². The molecule has 0 amide bonds. The number of fused-ring (bicyclic) bond motifs is 1. The lowest BCUT2D eigenvalue weighted by Crippen LogP contribution is -1.98. The van der Waals surface area contributed by atoms with Crippen LogP contribution in [-0.2, 0) is 7.05 Å². The number of nitrogens with zero attached hydrogens (tertiary/aromatic N) is 1. The van der Waals surface area contributed by atoms with E-state index in [2.05, 4.69) is 0 Å². The molecule has 0 atom stereocenters. The van der Waals surface area contributed by atoms with Gasteiger partial charge in [-0.1, -0.05) is 6.07 Å². The van der Waals surface area contributed by atoms with Crippen LogP contribution in [0.2, 0.25) is 0 Å². The largest absolute Gasteiger partial charge is 0.508 e. The molecule has 1 N–H and O–H groups in total. The zero-order valence-electron chi connectivity index (χ0n) is 11.8. The number of ketones is 1. The summed E-state index contributed by atoms with van der Waals surface area (Å²) in [6.45, 7) is 1.92. The van der Waals surface area contributed by atoms with Crippen molar-refractivity contribution in [1.29, 1.82) is 0 Å². The first kappa shape index (κ1) is 13.6. The van der Waals surface area contributed by atoms with Gasteiger partial charge in [-0.05, 0) is 48.7 Å². The average molecular weight is 297 g/mol. The molecule has 0 aliphatic heterocycles. The van der Waals surface area contributed by atoms with Gasteiger partial charge in [0.2, 0.25) is 0 Å². The lowest BCUT2D eigenvalue weighted by atomic mass is 10.1. The first-order valence-corrected chi connectivity index (χ1v) is 7.50. The molecule has 1 aromatic carbocycles. The SMILES string of the molecule is Cc1c(C(=O)/C=C/c2cccs2)c2cc(O)ccc2n1C. The van der Waals surface area contributed by atoms with E-state index in [1.807, 2.05) is 48.2 Å². The minimum absolute atomic E-state index is 0.0444. The van der Waals surface area contributed by atoms with Gasteiger partial charge in [0.05, 0.1) is 5.56 Å². The van der Waals surface area contributed by atoms with Crippen molar-refractivity contribution in [3.05, 3.63) is 57.9 Å². The lowest BCUT2D eigenvalue weighted by molar-refractivity contribution is 0.104. The number of hydrogen-bond acceptors (Lipinski definition) is 3. The molecule has 0 unspecified atom stereocenters. The number of phenols is 1. The molecule has 106 valence electrons. The van der Waals surface area contributed by atoms with Gasteiger partial charge >= 0.3 is 0 Å². The minimum atomic E-state index is -0.0444. The average Bonchev–Trinajstić information content (AvgIpc) is 3.05. The van der Waals surface area contributed by atoms with Crippen LogP contribution in [0.5, 0.6) is 5.75 Å². The highest BCUT2D eigenvalue weighted by Gasteiger charge is 2.17. The summed E-state index contributed by atoms with van der Waals surface area (Å²) in [5.41, 5.74) is 2.49.